The minimum Gasteiger partial charge on any atom is -0.505 e. The predicted molar refractivity (Wildman–Crippen MR) is 66.7 cm³/mol. The summed E-state index contributed by atoms with van der Waals surface area (Å²) < 4.78 is 0. The number of rotatable bonds is 1. The smallest absolute Gasteiger partial charge is 0.150 e. The van der Waals surface area contributed by atoms with Crippen molar-refractivity contribution in [3.63, 3.8) is 0 Å². The maximum absolute atomic E-state index is 10.2. The van der Waals surface area contributed by atoms with Crippen molar-refractivity contribution in [3.8, 4) is 16.2 Å². The molecule has 3 heteroatoms. The second kappa shape index (κ2) is 3.61. The molecule has 1 aromatic carbocycles. The van der Waals surface area contributed by atoms with E-state index in [9.17, 15) is 5.11 Å². The van der Waals surface area contributed by atoms with Crippen LogP contribution in [0.1, 0.15) is 0 Å². The lowest BCUT2D eigenvalue weighted by Gasteiger charge is -2.04. The molecule has 0 aliphatic carbocycles. The zero-order chi connectivity index (χ0) is 11.0. The quantitative estimate of drug-likeness (QED) is 0.688. The summed E-state index contributed by atoms with van der Waals surface area (Å²) in [6.45, 7) is 0. The predicted octanol–water partition coefficient (Wildman–Crippen LogP) is 3.67. The van der Waals surface area contributed by atoms with Crippen LogP contribution in [0.25, 0.3) is 21.3 Å². The van der Waals surface area contributed by atoms with Crippen molar-refractivity contribution in [2.45, 2.75) is 0 Å². The first-order chi connectivity index (χ1) is 7.86. The summed E-state index contributed by atoms with van der Waals surface area (Å²) >= 11 is 1.61. The SMILES string of the molecule is Oc1c(-c2cccs2)ccc2cccnc12. The van der Waals surface area contributed by atoms with Gasteiger partial charge in [0.25, 0.3) is 0 Å². The first-order valence-electron chi connectivity index (χ1n) is 4.97. The molecule has 0 aliphatic rings. The lowest BCUT2D eigenvalue weighted by Crippen LogP contribution is -1.81. The zero-order valence-electron chi connectivity index (χ0n) is 8.42. The van der Waals surface area contributed by atoms with Gasteiger partial charge >= 0.3 is 0 Å². The van der Waals surface area contributed by atoms with Crippen LogP contribution < -0.4 is 0 Å². The Hall–Kier alpha value is -1.87. The first-order valence-corrected chi connectivity index (χ1v) is 5.85. The van der Waals surface area contributed by atoms with E-state index in [1.165, 1.54) is 0 Å². The third-order valence-electron chi connectivity index (χ3n) is 2.53. The molecule has 3 rings (SSSR count). The lowest BCUT2D eigenvalue weighted by atomic mass is 10.1. The van der Waals surface area contributed by atoms with Crippen LogP contribution in [0, 0.1) is 0 Å². The molecule has 0 saturated carbocycles. The number of hydrogen-bond donors (Lipinski definition) is 1. The van der Waals surface area contributed by atoms with Crippen LogP contribution >= 0.6 is 11.3 Å². The Morgan fingerprint density at radius 1 is 1.06 bits per heavy atom. The summed E-state index contributed by atoms with van der Waals surface area (Å²) in [6.07, 6.45) is 1.69. The molecule has 2 nitrogen and oxygen atoms in total. The number of pyridine rings is 1. The molecule has 0 atom stereocenters. The Kier molecular flexibility index (Phi) is 2.11. The Balaban J connectivity index is 2.32. The molecule has 0 amide bonds. The summed E-state index contributed by atoms with van der Waals surface area (Å²) in [5.41, 5.74) is 1.51. The van der Waals surface area contributed by atoms with Gasteiger partial charge in [0, 0.05) is 22.0 Å². The average Bonchev–Trinajstić information content (AvgIpc) is 2.83. The number of fused-ring (bicyclic) bond motifs is 1. The minimum atomic E-state index is 0.264. The van der Waals surface area contributed by atoms with E-state index in [2.05, 4.69) is 4.98 Å². The first kappa shape index (κ1) is 9.36. The van der Waals surface area contributed by atoms with E-state index in [1.807, 2.05) is 41.8 Å². The molecule has 3 aromatic rings. The maximum atomic E-state index is 10.2. The largest absolute Gasteiger partial charge is 0.505 e. The second-order valence-electron chi connectivity index (χ2n) is 3.51. The molecule has 0 unspecified atom stereocenters. The average molecular weight is 227 g/mol. The van der Waals surface area contributed by atoms with Gasteiger partial charge in [-0.3, -0.25) is 4.98 Å². The van der Waals surface area contributed by atoms with Crippen molar-refractivity contribution in [3.05, 3.63) is 48.0 Å². The van der Waals surface area contributed by atoms with Crippen LogP contribution in [-0.4, -0.2) is 10.1 Å². The summed E-state index contributed by atoms with van der Waals surface area (Å²) in [6, 6.07) is 11.7. The standard InChI is InChI=1S/C13H9NOS/c15-13-10(11-4-2-8-16-11)6-5-9-3-1-7-14-12(9)13/h1-8,15H. The van der Waals surface area contributed by atoms with Crippen LogP contribution in [0.15, 0.2) is 48.0 Å². The zero-order valence-corrected chi connectivity index (χ0v) is 9.24. The van der Waals surface area contributed by atoms with E-state index < -0.39 is 0 Å². The molecule has 0 radical (unpaired) electrons. The fourth-order valence-electron chi connectivity index (χ4n) is 1.76. The Bertz CT molecular complexity index is 631. The lowest BCUT2D eigenvalue weighted by molar-refractivity contribution is 0.482. The molecule has 16 heavy (non-hydrogen) atoms. The second-order valence-corrected chi connectivity index (χ2v) is 4.46. The van der Waals surface area contributed by atoms with Crippen LogP contribution in [0.2, 0.25) is 0 Å². The Morgan fingerprint density at radius 3 is 2.81 bits per heavy atom. The fraction of sp³-hybridized carbons (Fsp3) is 0. The van der Waals surface area contributed by atoms with Gasteiger partial charge in [-0.25, -0.2) is 0 Å². The number of phenolic OH excluding ortho intramolecular Hbond substituents is 1. The summed E-state index contributed by atoms with van der Waals surface area (Å²) in [7, 11) is 0. The molecular weight excluding hydrogens is 218 g/mol. The van der Waals surface area contributed by atoms with Crippen LogP contribution in [0.5, 0.6) is 5.75 Å². The van der Waals surface area contributed by atoms with Gasteiger partial charge in [0.05, 0.1) is 0 Å². The third kappa shape index (κ3) is 1.37. The summed E-state index contributed by atoms with van der Waals surface area (Å²) in [5.74, 6) is 0.264. The monoisotopic (exact) mass is 227 g/mol. The van der Waals surface area contributed by atoms with Crippen molar-refractivity contribution in [1.82, 2.24) is 4.98 Å². The molecule has 0 fully saturated rings. The number of nitrogens with zero attached hydrogens (tertiary/aromatic N) is 1. The van der Waals surface area contributed by atoms with Crippen LogP contribution in [0.4, 0.5) is 0 Å². The van der Waals surface area contributed by atoms with Gasteiger partial charge in [-0.2, -0.15) is 0 Å². The Labute approximate surface area is 96.8 Å². The van der Waals surface area contributed by atoms with Crippen molar-refractivity contribution in [1.29, 1.82) is 0 Å². The van der Waals surface area contributed by atoms with E-state index in [1.54, 1.807) is 17.5 Å². The molecule has 78 valence electrons. The molecular formula is C13H9NOS. The highest BCUT2D eigenvalue weighted by atomic mass is 32.1. The van der Waals surface area contributed by atoms with Crippen molar-refractivity contribution < 1.29 is 5.11 Å². The van der Waals surface area contributed by atoms with Gasteiger partial charge in [0.1, 0.15) is 11.3 Å². The highest BCUT2D eigenvalue weighted by molar-refractivity contribution is 7.13. The van der Waals surface area contributed by atoms with Gasteiger partial charge in [-0.1, -0.05) is 18.2 Å². The van der Waals surface area contributed by atoms with Gasteiger partial charge in [-0.15, -0.1) is 11.3 Å². The van der Waals surface area contributed by atoms with E-state index in [0.717, 1.165) is 15.8 Å². The topological polar surface area (TPSA) is 33.1 Å². The molecule has 1 N–H and O–H groups in total. The van der Waals surface area contributed by atoms with E-state index in [4.69, 9.17) is 0 Å². The molecule has 0 spiro atoms. The summed E-state index contributed by atoms with van der Waals surface area (Å²) in [4.78, 5) is 5.27. The van der Waals surface area contributed by atoms with E-state index >= 15 is 0 Å². The number of phenols is 1. The number of aromatic hydroxyl groups is 1. The van der Waals surface area contributed by atoms with Gasteiger partial charge in [-0.05, 0) is 23.6 Å². The van der Waals surface area contributed by atoms with Crippen molar-refractivity contribution in [2.75, 3.05) is 0 Å². The molecule has 0 saturated heterocycles. The van der Waals surface area contributed by atoms with Crippen molar-refractivity contribution >= 4 is 22.2 Å². The normalized spacial score (nSPS) is 10.8. The van der Waals surface area contributed by atoms with Crippen molar-refractivity contribution in [2.24, 2.45) is 0 Å². The molecule has 2 heterocycles. The Morgan fingerprint density at radius 2 is 2.00 bits per heavy atom. The highest BCUT2D eigenvalue weighted by Crippen LogP contribution is 2.36. The summed E-state index contributed by atoms with van der Waals surface area (Å²) in [5, 5.41) is 13.1. The van der Waals surface area contributed by atoms with Gasteiger partial charge in [0.15, 0.2) is 0 Å². The van der Waals surface area contributed by atoms with Gasteiger partial charge in [0.2, 0.25) is 0 Å². The van der Waals surface area contributed by atoms with E-state index in [0.29, 0.717) is 5.52 Å². The number of thiophene rings is 1. The fourth-order valence-corrected chi connectivity index (χ4v) is 2.51. The number of aromatic nitrogens is 1. The van der Waals surface area contributed by atoms with Gasteiger partial charge < -0.3 is 5.11 Å². The molecule has 0 aliphatic heterocycles. The molecule has 0 bridgehead atoms. The number of benzene rings is 1. The van der Waals surface area contributed by atoms with Crippen LogP contribution in [0.3, 0.4) is 0 Å². The van der Waals surface area contributed by atoms with Crippen LogP contribution in [-0.2, 0) is 0 Å². The van der Waals surface area contributed by atoms with E-state index in [-0.39, 0.29) is 5.75 Å². The molecule has 2 aromatic heterocycles. The maximum Gasteiger partial charge on any atom is 0.150 e. The highest BCUT2D eigenvalue weighted by Gasteiger charge is 2.09. The third-order valence-corrected chi connectivity index (χ3v) is 3.44. The minimum absolute atomic E-state index is 0.264. The number of hydrogen-bond acceptors (Lipinski definition) is 3.